The number of methoxy groups -OCH3 is 1. The Morgan fingerprint density at radius 1 is 1.12 bits per heavy atom. The third-order valence-corrected chi connectivity index (χ3v) is 3.53. The lowest BCUT2D eigenvalue weighted by Crippen LogP contribution is -2.35. The van der Waals surface area contributed by atoms with E-state index in [-0.39, 0.29) is 19.1 Å². The van der Waals surface area contributed by atoms with Gasteiger partial charge in [0.25, 0.3) is 0 Å². The van der Waals surface area contributed by atoms with Crippen LogP contribution in [0.1, 0.15) is 11.1 Å². The Morgan fingerprint density at radius 2 is 1.84 bits per heavy atom. The fourth-order valence-electron chi connectivity index (χ4n) is 2.22. The molecule has 0 heterocycles. The minimum Gasteiger partial charge on any atom is -0.495 e. The van der Waals surface area contributed by atoms with Crippen molar-refractivity contribution in [2.45, 2.75) is 13.5 Å². The van der Waals surface area contributed by atoms with Crippen molar-refractivity contribution in [3.63, 3.8) is 0 Å². The lowest BCUT2D eigenvalue weighted by molar-refractivity contribution is -0.116. The Kier molecular flexibility index (Phi) is 6.39. The molecule has 0 saturated carbocycles. The van der Waals surface area contributed by atoms with Crippen LogP contribution in [0.5, 0.6) is 5.75 Å². The molecule has 0 fully saturated rings. The topological polar surface area (TPSA) is 67.9 Å². The number of carbonyl (C=O) groups excluding carboxylic acids is 2. The zero-order chi connectivity index (χ0) is 18.2. The highest BCUT2D eigenvalue weighted by atomic mass is 16.6. The largest absolute Gasteiger partial charge is 0.495 e. The van der Waals surface area contributed by atoms with E-state index in [0.29, 0.717) is 11.4 Å². The molecule has 0 aliphatic carbocycles. The maximum atomic E-state index is 12.2. The van der Waals surface area contributed by atoms with Crippen molar-refractivity contribution in [3.8, 4) is 5.75 Å². The van der Waals surface area contributed by atoms with Crippen LogP contribution in [0.4, 0.5) is 10.5 Å². The van der Waals surface area contributed by atoms with Crippen LogP contribution in [0.2, 0.25) is 0 Å². The van der Waals surface area contributed by atoms with Crippen molar-refractivity contribution in [3.05, 3.63) is 59.7 Å². The summed E-state index contributed by atoms with van der Waals surface area (Å²) < 4.78 is 10.4. The SMILES string of the molecule is COc1ccc(C)cc1NC(=O)CN(C)C(=O)OCc1ccccc1. The maximum absolute atomic E-state index is 12.2. The van der Waals surface area contributed by atoms with E-state index < -0.39 is 6.09 Å². The first-order chi connectivity index (χ1) is 12.0. The average Bonchev–Trinajstić information content (AvgIpc) is 2.60. The quantitative estimate of drug-likeness (QED) is 0.875. The molecular weight excluding hydrogens is 320 g/mol. The van der Waals surface area contributed by atoms with Gasteiger partial charge in [0, 0.05) is 7.05 Å². The van der Waals surface area contributed by atoms with Gasteiger partial charge < -0.3 is 19.7 Å². The number of amides is 2. The Balaban J connectivity index is 1.87. The van der Waals surface area contributed by atoms with E-state index in [9.17, 15) is 9.59 Å². The zero-order valence-electron chi connectivity index (χ0n) is 14.6. The predicted octanol–water partition coefficient (Wildman–Crippen LogP) is 3.21. The highest BCUT2D eigenvalue weighted by Gasteiger charge is 2.15. The van der Waals surface area contributed by atoms with Gasteiger partial charge in [-0.3, -0.25) is 4.79 Å². The summed E-state index contributed by atoms with van der Waals surface area (Å²) in [6.45, 7) is 1.96. The Morgan fingerprint density at radius 3 is 2.52 bits per heavy atom. The first-order valence-corrected chi connectivity index (χ1v) is 7.86. The monoisotopic (exact) mass is 342 g/mol. The molecular formula is C19H22N2O4. The molecule has 2 aromatic carbocycles. The molecule has 0 bridgehead atoms. The fraction of sp³-hybridized carbons (Fsp3) is 0.263. The van der Waals surface area contributed by atoms with E-state index in [1.165, 1.54) is 19.1 Å². The summed E-state index contributed by atoms with van der Waals surface area (Å²) in [7, 11) is 3.05. The van der Waals surface area contributed by atoms with Crippen molar-refractivity contribution in [1.29, 1.82) is 0 Å². The lowest BCUT2D eigenvalue weighted by atomic mass is 10.2. The Labute approximate surface area is 147 Å². The minimum atomic E-state index is -0.560. The van der Waals surface area contributed by atoms with Crippen LogP contribution < -0.4 is 10.1 Å². The molecule has 6 heteroatoms. The minimum absolute atomic E-state index is 0.120. The molecule has 132 valence electrons. The van der Waals surface area contributed by atoms with Crippen LogP contribution in [0, 0.1) is 6.92 Å². The molecule has 6 nitrogen and oxygen atoms in total. The number of rotatable bonds is 6. The van der Waals surface area contributed by atoms with Crippen molar-refractivity contribution < 1.29 is 19.1 Å². The standard InChI is InChI=1S/C19H22N2O4/c1-14-9-10-17(24-3)16(11-14)20-18(22)12-21(2)19(23)25-13-15-7-5-4-6-8-15/h4-11H,12-13H2,1-3H3,(H,20,22). The molecule has 0 aliphatic heterocycles. The van der Waals surface area contributed by atoms with Crippen LogP contribution in [0.15, 0.2) is 48.5 Å². The molecule has 0 atom stereocenters. The number of nitrogens with one attached hydrogen (secondary N) is 1. The highest BCUT2D eigenvalue weighted by Crippen LogP contribution is 2.25. The van der Waals surface area contributed by atoms with E-state index in [1.807, 2.05) is 49.4 Å². The number of likely N-dealkylation sites (N-methyl/N-ethyl adjacent to an activating group) is 1. The van der Waals surface area contributed by atoms with Crippen LogP contribution in [-0.2, 0) is 16.1 Å². The number of carbonyl (C=O) groups is 2. The van der Waals surface area contributed by atoms with Gasteiger partial charge in [0.2, 0.25) is 5.91 Å². The number of ether oxygens (including phenoxy) is 2. The second-order valence-corrected chi connectivity index (χ2v) is 5.65. The van der Waals surface area contributed by atoms with Crippen molar-refractivity contribution in [1.82, 2.24) is 4.90 Å². The van der Waals surface area contributed by atoms with Crippen LogP contribution in [-0.4, -0.2) is 37.6 Å². The fourth-order valence-corrected chi connectivity index (χ4v) is 2.22. The summed E-state index contributed by atoms with van der Waals surface area (Å²) in [5, 5.41) is 2.75. The van der Waals surface area contributed by atoms with Crippen LogP contribution in [0.25, 0.3) is 0 Å². The molecule has 0 aromatic heterocycles. The summed E-state index contributed by atoms with van der Waals surface area (Å²) in [6.07, 6.45) is -0.560. The molecule has 0 aliphatic rings. The second kappa shape index (κ2) is 8.73. The number of benzene rings is 2. The summed E-state index contributed by atoms with van der Waals surface area (Å²) in [5.41, 5.74) is 2.45. The molecule has 2 aromatic rings. The molecule has 2 amide bonds. The van der Waals surface area contributed by atoms with Gasteiger partial charge in [-0.25, -0.2) is 4.79 Å². The van der Waals surface area contributed by atoms with Crippen molar-refractivity contribution in [2.24, 2.45) is 0 Å². The van der Waals surface area contributed by atoms with E-state index >= 15 is 0 Å². The number of hydrogen-bond acceptors (Lipinski definition) is 4. The predicted molar refractivity (Wildman–Crippen MR) is 95.6 cm³/mol. The first kappa shape index (κ1) is 18.3. The molecule has 2 rings (SSSR count). The third kappa shape index (κ3) is 5.53. The van der Waals surface area contributed by atoms with E-state index in [1.54, 1.807) is 6.07 Å². The molecule has 25 heavy (non-hydrogen) atoms. The van der Waals surface area contributed by atoms with E-state index in [4.69, 9.17) is 9.47 Å². The van der Waals surface area contributed by atoms with Crippen molar-refractivity contribution >= 4 is 17.7 Å². The Hall–Kier alpha value is -3.02. The summed E-state index contributed by atoms with van der Waals surface area (Å²) in [6, 6.07) is 14.8. The van der Waals surface area contributed by atoms with Gasteiger partial charge in [-0.15, -0.1) is 0 Å². The van der Waals surface area contributed by atoms with E-state index in [2.05, 4.69) is 5.32 Å². The van der Waals surface area contributed by atoms with Gasteiger partial charge in [0.1, 0.15) is 18.9 Å². The van der Waals surface area contributed by atoms with Crippen molar-refractivity contribution in [2.75, 3.05) is 26.0 Å². The zero-order valence-corrected chi connectivity index (χ0v) is 14.6. The summed E-state index contributed by atoms with van der Waals surface area (Å²) >= 11 is 0. The maximum Gasteiger partial charge on any atom is 0.410 e. The summed E-state index contributed by atoms with van der Waals surface area (Å²) in [4.78, 5) is 25.4. The molecule has 1 N–H and O–H groups in total. The van der Waals surface area contributed by atoms with Gasteiger partial charge in [-0.05, 0) is 30.2 Å². The normalized spacial score (nSPS) is 10.0. The molecule has 0 unspecified atom stereocenters. The molecule has 0 radical (unpaired) electrons. The number of aryl methyl sites for hydroxylation is 1. The molecule has 0 spiro atoms. The van der Waals surface area contributed by atoms with Gasteiger partial charge in [-0.1, -0.05) is 36.4 Å². The van der Waals surface area contributed by atoms with E-state index in [0.717, 1.165) is 11.1 Å². The summed E-state index contributed by atoms with van der Waals surface area (Å²) in [5.74, 6) is 0.233. The lowest BCUT2D eigenvalue weighted by Gasteiger charge is -2.17. The first-order valence-electron chi connectivity index (χ1n) is 7.86. The van der Waals surface area contributed by atoms with Gasteiger partial charge >= 0.3 is 6.09 Å². The smallest absolute Gasteiger partial charge is 0.410 e. The number of nitrogens with zero attached hydrogens (tertiary/aromatic N) is 1. The number of anilines is 1. The van der Waals surface area contributed by atoms with Crippen LogP contribution in [0.3, 0.4) is 0 Å². The Bertz CT molecular complexity index is 731. The van der Waals surface area contributed by atoms with Gasteiger partial charge in [0.15, 0.2) is 0 Å². The average molecular weight is 342 g/mol. The van der Waals surface area contributed by atoms with Gasteiger partial charge in [0.05, 0.1) is 12.8 Å². The van der Waals surface area contributed by atoms with Gasteiger partial charge in [-0.2, -0.15) is 0 Å². The van der Waals surface area contributed by atoms with Crippen LogP contribution >= 0.6 is 0 Å². The second-order valence-electron chi connectivity index (χ2n) is 5.65. The highest BCUT2D eigenvalue weighted by molar-refractivity contribution is 5.95. The third-order valence-electron chi connectivity index (χ3n) is 3.53. The molecule has 0 saturated heterocycles. The number of hydrogen-bond donors (Lipinski definition) is 1.